The molecule has 1 amide bonds. The molecule has 3 aromatic rings. The predicted octanol–water partition coefficient (Wildman–Crippen LogP) is 4.16. The maximum Gasteiger partial charge on any atom is 0.260 e. The number of rotatable bonds is 3. The molecule has 0 spiro atoms. The number of halogens is 2. The fourth-order valence-corrected chi connectivity index (χ4v) is 2.84. The van der Waals surface area contributed by atoms with Gasteiger partial charge in [-0.2, -0.15) is 0 Å². The quantitative estimate of drug-likeness (QED) is 0.720. The molecule has 3 heterocycles. The number of hydrogen-bond donors (Lipinski definition) is 1. The first-order chi connectivity index (χ1) is 10.6. The van der Waals surface area contributed by atoms with E-state index in [1.807, 2.05) is 23.6 Å². The van der Waals surface area contributed by atoms with Crippen LogP contribution in [0.4, 0.5) is 5.13 Å². The second-order valence-corrected chi connectivity index (χ2v) is 5.78. The number of nitrogens with one attached hydrogen (secondary N) is 1. The van der Waals surface area contributed by atoms with Crippen LogP contribution in [-0.2, 0) is 0 Å². The molecule has 0 aliphatic heterocycles. The fourth-order valence-electron chi connectivity index (χ4n) is 1.71. The predicted molar refractivity (Wildman–Crippen MR) is 87.6 cm³/mol. The van der Waals surface area contributed by atoms with E-state index >= 15 is 0 Å². The smallest absolute Gasteiger partial charge is 0.260 e. The molecular weight excluding hydrogens is 343 g/mol. The minimum absolute atomic E-state index is 0.0477. The number of pyridine rings is 2. The number of carbonyl (C=O) groups is 1. The van der Waals surface area contributed by atoms with Crippen molar-refractivity contribution in [3.63, 3.8) is 0 Å². The molecule has 0 bridgehead atoms. The van der Waals surface area contributed by atoms with E-state index < -0.39 is 5.91 Å². The molecule has 0 saturated heterocycles. The highest BCUT2D eigenvalue weighted by Crippen LogP contribution is 2.24. The largest absolute Gasteiger partial charge is 0.298 e. The summed E-state index contributed by atoms with van der Waals surface area (Å²) in [6.07, 6.45) is 1.69. The zero-order chi connectivity index (χ0) is 15.5. The molecule has 0 saturated carbocycles. The van der Waals surface area contributed by atoms with Crippen molar-refractivity contribution >= 4 is 45.6 Å². The van der Waals surface area contributed by atoms with Crippen LogP contribution in [0.25, 0.3) is 11.4 Å². The minimum atomic E-state index is -0.393. The number of carbonyl (C=O) groups excluding carboxylic acids is 1. The highest BCUT2D eigenvalue weighted by molar-refractivity contribution is 7.14. The number of anilines is 1. The van der Waals surface area contributed by atoms with Gasteiger partial charge < -0.3 is 0 Å². The molecule has 0 aromatic carbocycles. The van der Waals surface area contributed by atoms with Crippen LogP contribution in [0.5, 0.6) is 0 Å². The Kier molecular flexibility index (Phi) is 4.33. The van der Waals surface area contributed by atoms with Crippen LogP contribution in [0.15, 0.2) is 41.9 Å². The van der Waals surface area contributed by atoms with Gasteiger partial charge in [0.2, 0.25) is 0 Å². The zero-order valence-corrected chi connectivity index (χ0v) is 13.3. The Bertz CT molecular complexity index is 823. The Labute approximate surface area is 140 Å². The number of hydrogen-bond acceptors (Lipinski definition) is 5. The summed E-state index contributed by atoms with van der Waals surface area (Å²) < 4.78 is 0. The lowest BCUT2D eigenvalue weighted by Gasteiger charge is -2.03. The van der Waals surface area contributed by atoms with Crippen LogP contribution in [0.1, 0.15) is 10.4 Å². The van der Waals surface area contributed by atoms with Gasteiger partial charge in [-0.15, -0.1) is 11.3 Å². The molecule has 110 valence electrons. The molecule has 3 aromatic heterocycles. The van der Waals surface area contributed by atoms with Gasteiger partial charge in [-0.25, -0.2) is 9.97 Å². The van der Waals surface area contributed by atoms with Gasteiger partial charge in [0.1, 0.15) is 16.0 Å². The number of thiazole rings is 1. The minimum Gasteiger partial charge on any atom is -0.298 e. The van der Waals surface area contributed by atoms with E-state index in [2.05, 4.69) is 20.3 Å². The summed E-state index contributed by atoms with van der Waals surface area (Å²) in [5, 5.41) is 5.23. The zero-order valence-electron chi connectivity index (χ0n) is 11.0. The normalized spacial score (nSPS) is 10.5. The van der Waals surface area contributed by atoms with E-state index in [9.17, 15) is 4.79 Å². The first kappa shape index (κ1) is 14.9. The maximum absolute atomic E-state index is 12.2. The molecule has 8 heteroatoms. The van der Waals surface area contributed by atoms with Gasteiger partial charge in [0, 0.05) is 11.6 Å². The summed E-state index contributed by atoms with van der Waals surface area (Å²) >= 11 is 12.9. The summed E-state index contributed by atoms with van der Waals surface area (Å²) in [7, 11) is 0. The molecule has 3 rings (SSSR count). The van der Waals surface area contributed by atoms with Crippen molar-refractivity contribution in [2.75, 3.05) is 5.32 Å². The van der Waals surface area contributed by atoms with Crippen molar-refractivity contribution in [2.45, 2.75) is 0 Å². The number of amides is 1. The molecule has 0 aliphatic rings. The second kappa shape index (κ2) is 6.39. The van der Waals surface area contributed by atoms with Crippen molar-refractivity contribution in [1.82, 2.24) is 15.0 Å². The maximum atomic E-state index is 12.2. The average molecular weight is 351 g/mol. The topological polar surface area (TPSA) is 67.8 Å². The first-order valence-corrected chi connectivity index (χ1v) is 7.77. The van der Waals surface area contributed by atoms with Crippen LogP contribution in [0.3, 0.4) is 0 Å². The SMILES string of the molecule is O=C(Nc1nc(-c2ccccn2)cs1)c1ccc(Cl)nc1Cl. The Hall–Kier alpha value is -2.02. The monoisotopic (exact) mass is 350 g/mol. The van der Waals surface area contributed by atoms with Gasteiger partial charge in [-0.1, -0.05) is 29.3 Å². The van der Waals surface area contributed by atoms with Gasteiger partial charge in [0.05, 0.1) is 11.3 Å². The molecule has 0 aliphatic carbocycles. The molecule has 0 unspecified atom stereocenters. The molecule has 1 N–H and O–H groups in total. The Morgan fingerprint density at radius 3 is 2.68 bits per heavy atom. The third-order valence-corrected chi connectivity index (χ3v) is 3.97. The van der Waals surface area contributed by atoms with E-state index in [1.54, 1.807) is 6.20 Å². The summed E-state index contributed by atoms with van der Waals surface area (Å²) in [5.41, 5.74) is 1.67. The van der Waals surface area contributed by atoms with E-state index in [-0.39, 0.29) is 15.9 Å². The van der Waals surface area contributed by atoms with Crippen molar-refractivity contribution in [2.24, 2.45) is 0 Å². The average Bonchev–Trinajstić information content (AvgIpc) is 2.96. The van der Waals surface area contributed by atoms with E-state index in [0.717, 1.165) is 5.69 Å². The Morgan fingerprint density at radius 1 is 1.09 bits per heavy atom. The van der Waals surface area contributed by atoms with Gasteiger partial charge >= 0.3 is 0 Å². The molecular formula is C14H8Cl2N4OS. The van der Waals surface area contributed by atoms with Crippen molar-refractivity contribution in [3.8, 4) is 11.4 Å². The lowest BCUT2D eigenvalue weighted by Crippen LogP contribution is -2.12. The van der Waals surface area contributed by atoms with Crippen LogP contribution in [-0.4, -0.2) is 20.9 Å². The van der Waals surface area contributed by atoms with Crippen LogP contribution in [0, 0.1) is 0 Å². The van der Waals surface area contributed by atoms with Crippen LogP contribution < -0.4 is 5.32 Å². The van der Waals surface area contributed by atoms with Crippen molar-refractivity contribution in [1.29, 1.82) is 0 Å². The standard InChI is InChI=1S/C14H8Cl2N4OS/c15-11-5-4-8(12(16)19-11)13(21)20-14-18-10(7-22-14)9-3-1-2-6-17-9/h1-7H,(H,18,20,21). The Morgan fingerprint density at radius 2 is 1.95 bits per heavy atom. The van der Waals surface area contributed by atoms with E-state index in [0.29, 0.717) is 10.8 Å². The van der Waals surface area contributed by atoms with Crippen LogP contribution in [0.2, 0.25) is 10.3 Å². The van der Waals surface area contributed by atoms with Crippen LogP contribution >= 0.6 is 34.5 Å². The Balaban J connectivity index is 1.79. The van der Waals surface area contributed by atoms with Gasteiger partial charge in [0.15, 0.2) is 5.13 Å². The van der Waals surface area contributed by atoms with E-state index in [1.165, 1.54) is 23.5 Å². The second-order valence-electron chi connectivity index (χ2n) is 4.18. The van der Waals surface area contributed by atoms with Crippen molar-refractivity contribution in [3.05, 3.63) is 57.8 Å². The summed E-state index contributed by atoms with van der Waals surface area (Å²) in [5.74, 6) is -0.393. The molecule has 22 heavy (non-hydrogen) atoms. The summed E-state index contributed by atoms with van der Waals surface area (Å²) in [6, 6.07) is 8.57. The lowest BCUT2D eigenvalue weighted by molar-refractivity contribution is 0.102. The first-order valence-electron chi connectivity index (χ1n) is 6.14. The summed E-state index contributed by atoms with van der Waals surface area (Å²) in [4.78, 5) is 24.5. The molecule has 0 radical (unpaired) electrons. The fraction of sp³-hybridized carbons (Fsp3) is 0. The molecule has 5 nitrogen and oxygen atoms in total. The number of aromatic nitrogens is 3. The van der Waals surface area contributed by atoms with Gasteiger partial charge in [-0.05, 0) is 24.3 Å². The third-order valence-electron chi connectivity index (χ3n) is 2.71. The lowest BCUT2D eigenvalue weighted by atomic mass is 10.3. The third kappa shape index (κ3) is 3.24. The summed E-state index contributed by atoms with van der Waals surface area (Å²) in [6.45, 7) is 0. The number of nitrogens with zero attached hydrogens (tertiary/aromatic N) is 3. The van der Waals surface area contributed by atoms with Gasteiger partial charge in [0.25, 0.3) is 5.91 Å². The van der Waals surface area contributed by atoms with Crippen molar-refractivity contribution < 1.29 is 4.79 Å². The molecule has 0 atom stereocenters. The van der Waals surface area contributed by atoms with Gasteiger partial charge in [-0.3, -0.25) is 15.1 Å². The van der Waals surface area contributed by atoms with E-state index in [4.69, 9.17) is 23.2 Å². The highest BCUT2D eigenvalue weighted by atomic mass is 35.5. The molecule has 0 fully saturated rings. The highest BCUT2D eigenvalue weighted by Gasteiger charge is 2.14.